The first-order valence-corrected chi connectivity index (χ1v) is 12.0. The van der Waals surface area contributed by atoms with Crippen LogP contribution in [0, 0.1) is 0 Å². The van der Waals surface area contributed by atoms with Crippen LogP contribution < -0.4 is 9.64 Å². The highest BCUT2D eigenvalue weighted by Gasteiger charge is 2.66. The first-order chi connectivity index (χ1) is 17.3. The normalized spacial score (nSPS) is 20.5. The number of benzene rings is 2. The van der Waals surface area contributed by atoms with Gasteiger partial charge in [0.05, 0.1) is 17.9 Å². The van der Waals surface area contributed by atoms with Crippen molar-refractivity contribution in [2.45, 2.75) is 18.9 Å². The molecule has 2 heterocycles. The molecule has 1 atom stereocenters. The molecule has 188 valence electrons. The van der Waals surface area contributed by atoms with Crippen LogP contribution in [0.4, 0.5) is 5.69 Å². The summed E-state index contributed by atoms with van der Waals surface area (Å²) in [6.45, 7) is 7.06. The minimum atomic E-state index is -1.77. The summed E-state index contributed by atoms with van der Waals surface area (Å²) in [5.74, 6) is -1.95. The summed E-state index contributed by atoms with van der Waals surface area (Å²) in [5, 5.41) is 11.5. The lowest BCUT2D eigenvalue weighted by Crippen LogP contribution is -2.53. The molecule has 2 amide bonds. The number of hydrogen-bond donors (Lipinski definition) is 1. The molecule has 2 aromatic carbocycles. The number of hydrogen-bond acceptors (Lipinski definition) is 6. The number of carbonyl (C=O) groups excluding carboxylic acids is 3. The van der Waals surface area contributed by atoms with E-state index in [1.807, 2.05) is 25.9 Å². The van der Waals surface area contributed by atoms with Crippen LogP contribution >= 0.6 is 0 Å². The Kier molecular flexibility index (Phi) is 6.99. The lowest BCUT2D eigenvalue weighted by molar-refractivity contribution is -0.143. The summed E-state index contributed by atoms with van der Waals surface area (Å²) in [6.07, 6.45) is 2.44. The molecule has 0 radical (unpaired) electrons. The Morgan fingerprint density at radius 2 is 1.81 bits per heavy atom. The summed E-state index contributed by atoms with van der Waals surface area (Å²) >= 11 is 0. The van der Waals surface area contributed by atoms with E-state index in [2.05, 4.69) is 6.58 Å². The second-order valence-corrected chi connectivity index (χ2v) is 9.12. The van der Waals surface area contributed by atoms with Crippen LogP contribution in [0.2, 0.25) is 0 Å². The van der Waals surface area contributed by atoms with E-state index in [1.54, 1.807) is 54.6 Å². The smallest absolute Gasteiger partial charge is 0.296 e. The second kappa shape index (κ2) is 9.99. The fraction of sp³-hybridized carbons (Fsp3) is 0.321. The Morgan fingerprint density at radius 1 is 1.11 bits per heavy atom. The van der Waals surface area contributed by atoms with Gasteiger partial charge in [-0.1, -0.05) is 31.2 Å². The Balaban J connectivity index is 1.95. The predicted molar refractivity (Wildman–Crippen MR) is 138 cm³/mol. The van der Waals surface area contributed by atoms with Crippen molar-refractivity contribution >= 4 is 29.0 Å². The van der Waals surface area contributed by atoms with Crippen LogP contribution in [0.5, 0.6) is 5.75 Å². The maximum absolute atomic E-state index is 14.2. The highest BCUT2D eigenvalue weighted by atomic mass is 16.5. The van der Waals surface area contributed by atoms with Gasteiger partial charge in [-0.05, 0) is 50.8 Å². The van der Waals surface area contributed by atoms with E-state index in [4.69, 9.17) is 4.74 Å². The van der Waals surface area contributed by atoms with E-state index in [1.165, 1.54) is 9.80 Å². The lowest BCUT2D eigenvalue weighted by atomic mass is 9.82. The summed E-state index contributed by atoms with van der Waals surface area (Å²) in [4.78, 5) is 45.8. The number of aliphatic hydroxyl groups is 1. The van der Waals surface area contributed by atoms with Crippen molar-refractivity contribution < 1.29 is 24.2 Å². The Morgan fingerprint density at radius 3 is 2.44 bits per heavy atom. The van der Waals surface area contributed by atoms with E-state index in [-0.39, 0.29) is 18.7 Å². The fourth-order valence-corrected chi connectivity index (χ4v) is 4.85. The minimum absolute atomic E-state index is 0.125. The Bertz CT molecular complexity index is 1230. The number of likely N-dealkylation sites (N-methyl/N-ethyl adjacent to an activating group) is 1. The fourth-order valence-electron chi connectivity index (χ4n) is 4.85. The van der Waals surface area contributed by atoms with Crippen LogP contribution in [0.25, 0.3) is 5.76 Å². The molecule has 0 bridgehead atoms. The summed E-state index contributed by atoms with van der Waals surface area (Å²) < 4.78 is 5.62. The summed E-state index contributed by atoms with van der Waals surface area (Å²) in [6, 6.07) is 13.7. The van der Waals surface area contributed by atoms with Gasteiger partial charge >= 0.3 is 0 Å². The van der Waals surface area contributed by atoms with Crippen molar-refractivity contribution in [3.63, 3.8) is 0 Å². The molecule has 2 aromatic rings. The van der Waals surface area contributed by atoms with Crippen molar-refractivity contribution in [1.82, 2.24) is 9.80 Å². The molecule has 1 spiro atoms. The largest absolute Gasteiger partial charge is 0.507 e. The first kappa shape index (κ1) is 25.2. The average molecular weight is 490 g/mol. The number of anilines is 1. The topological polar surface area (TPSA) is 90.4 Å². The van der Waals surface area contributed by atoms with E-state index >= 15 is 0 Å². The molecule has 0 aliphatic carbocycles. The Hall–Kier alpha value is -3.91. The van der Waals surface area contributed by atoms with E-state index in [0.717, 1.165) is 6.42 Å². The number of likely N-dealkylation sites (tertiary alicyclic amines) is 1. The number of amides is 2. The minimum Gasteiger partial charge on any atom is -0.507 e. The van der Waals surface area contributed by atoms with Crippen LogP contribution in [0.15, 0.2) is 66.8 Å². The van der Waals surface area contributed by atoms with Gasteiger partial charge in [-0.3, -0.25) is 14.4 Å². The first-order valence-electron chi connectivity index (χ1n) is 12.0. The van der Waals surface area contributed by atoms with Gasteiger partial charge in [-0.2, -0.15) is 0 Å². The third kappa shape index (κ3) is 3.87. The standard InChI is InChI=1S/C28H31N3O5/c1-5-15-30-22-10-8-7-9-21(22)28(27(30)35)23(25(33)26(34)31(28)17-16-29(3)4)24(32)19-11-13-20(14-12-19)36-18-6-2/h5,7-14,32H,1,6,15-18H2,2-4H3. The molecule has 4 rings (SSSR count). The second-order valence-electron chi connectivity index (χ2n) is 9.12. The molecule has 0 aromatic heterocycles. The quantitative estimate of drug-likeness (QED) is 0.252. The van der Waals surface area contributed by atoms with Crippen LogP contribution in [-0.4, -0.2) is 72.8 Å². The number of ketones is 1. The molecule has 1 unspecified atom stereocenters. The maximum atomic E-state index is 14.2. The molecule has 1 N–H and O–H groups in total. The van der Waals surface area contributed by atoms with E-state index in [0.29, 0.717) is 35.7 Å². The Labute approximate surface area is 211 Å². The zero-order valence-corrected chi connectivity index (χ0v) is 20.9. The summed E-state index contributed by atoms with van der Waals surface area (Å²) in [7, 11) is 3.69. The van der Waals surface area contributed by atoms with Crippen LogP contribution in [-0.2, 0) is 19.9 Å². The molecule has 8 nitrogen and oxygen atoms in total. The molecule has 8 heteroatoms. The zero-order chi connectivity index (χ0) is 26.0. The number of carbonyl (C=O) groups is 3. The zero-order valence-electron chi connectivity index (χ0n) is 20.9. The monoisotopic (exact) mass is 489 g/mol. The van der Waals surface area contributed by atoms with Gasteiger partial charge in [-0.25, -0.2) is 0 Å². The molecular formula is C28H31N3O5. The van der Waals surface area contributed by atoms with Crippen molar-refractivity contribution in [3.8, 4) is 5.75 Å². The maximum Gasteiger partial charge on any atom is 0.296 e. The molecule has 2 aliphatic heterocycles. The molecule has 1 saturated heterocycles. The third-order valence-electron chi connectivity index (χ3n) is 6.49. The van der Waals surface area contributed by atoms with Crippen LogP contribution in [0.3, 0.4) is 0 Å². The van der Waals surface area contributed by atoms with Gasteiger partial charge in [-0.15, -0.1) is 6.58 Å². The van der Waals surface area contributed by atoms with E-state index in [9.17, 15) is 19.5 Å². The van der Waals surface area contributed by atoms with Gasteiger partial charge in [0.15, 0.2) is 5.54 Å². The molecule has 2 aliphatic rings. The van der Waals surface area contributed by atoms with Gasteiger partial charge in [0.2, 0.25) is 0 Å². The van der Waals surface area contributed by atoms with E-state index < -0.39 is 28.9 Å². The highest BCUT2D eigenvalue weighted by Crippen LogP contribution is 2.53. The molecular weight excluding hydrogens is 458 g/mol. The van der Waals surface area contributed by atoms with Gasteiger partial charge in [0, 0.05) is 30.8 Å². The highest BCUT2D eigenvalue weighted by molar-refractivity contribution is 6.50. The number of para-hydroxylation sites is 1. The number of Topliss-reactive ketones (excluding diaryl/α,β-unsaturated/α-hetero) is 1. The van der Waals surface area contributed by atoms with Gasteiger partial charge in [0.1, 0.15) is 11.5 Å². The molecule has 0 saturated carbocycles. The molecule has 36 heavy (non-hydrogen) atoms. The number of aliphatic hydroxyl groups excluding tert-OH is 1. The molecule has 1 fully saturated rings. The number of ether oxygens (including phenoxy) is 1. The predicted octanol–water partition coefficient (Wildman–Crippen LogP) is 3.15. The lowest BCUT2D eigenvalue weighted by Gasteiger charge is -2.35. The van der Waals surface area contributed by atoms with Gasteiger partial charge < -0.3 is 24.5 Å². The van der Waals surface area contributed by atoms with Crippen molar-refractivity contribution in [2.75, 3.05) is 45.2 Å². The SMILES string of the molecule is C=CCN1C(=O)C2(C(=C(O)c3ccc(OCCC)cc3)C(=O)C(=O)N2CCN(C)C)c2ccccc21. The number of rotatable bonds is 9. The van der Waals surface area contributed by atoms with Crippen molar-refractivity contribution in [3.05, 3.63) is 77.9 Å². The van der Waals surface area contributed by atoms with Crippen molar-refractivity contribution in [1.29, 1.82) is 0 Å². The van der Waals surface area contributed by atoms with Crippen LogP contribution in [0.1, 0.15) is 24.5 Å². The van der Waals surface area contributed by atoms with Crippen molar-refractivity contribution in [2.24, 2.45) is 0 Å². The summed E-state index contributed by atoms with van der Waals surface area (Å²) in [5.41, 5.74) is -0.618. The number of nitrogens with zero attached hydrogens (tertiary/aromatic N) is 3. The average Bonchev–Trinajstić information content (AvgIpc) is 3.25. The van der Waals surface area contributed by atoms with Gasteiger partial charge in [0.25, 0.3) is 17.6 Å². The third-order valence-corrected chi connectivity index (χ3v) is 6.49. The number of fused-ring (bicyclic) bond motifs is 2.